The molecule has 0 spiro atoms. The molecule has 2 aromatic heterocycles. The van der Waals surface area contributed by atoms with Crippen molar-refractivity contribution in [3.05, 3.63) is 88.0 Å². The van der Waals surface area contributed by atoms with Crippen LogP contribution in [0.1, 0.15) is 16.7 Å². The van der Waals surface area contributed by atoms with Crippen LogP contribution in [0.25, 0.3) is 11.0 Å². The number of hydrogen-bond acceptors (Lipinski definition) is 4. The molecule has 6 nitrogen and oxygen atoms in total. The van der Waals surface area contributed by atoms with Crippen molar-refractivity contribution in [3.63, 3.8) is 0 Å². The highest BCUT2D eigenvalue weighted by molar-refractivity contribution is 5.85. The van der Waals surface area contributed by atoms with E-state index >= 15 is 0 Å². The Hall–Kier alpha value is -3.62. The van der Waals surface area contributed by atoms with E-state index < -0.39 is 17.3 Å². The van der Waals surface area contributed by atoms with E-state index in [4.69, 9.17) is 5.73 Å². The maximum atomic E-state index is 12.9. The Morgan fingerprint density at radius 2 is 1.73 bits per heavy atom. The average molecular weight is 413 g/mol. The molecule has 0 aliphatic rings. The van der Waals surface area contributed by atoms with E-state index in [9.17, 15) is 18.0 Å². The zero-order valence-electron chi connectivity index (χ0n) is 15.8. The van der Waals surface area contributed by atoms with Gasteiger partial charge >= 0.3 is 6.18 Å². The first-order chi connectivity index (χ1) is 14.3. The number of rotatable bonds is 5. The number of nitrogens with zero attached hydrogens (tertiary/aromatic N) is 4. The van der Waals surface area contributed by atoms with Crippen LogP contribution < -0.4 is 11.3 Å². The normalized spacial score (nSPS) is 11.8. The summed E-state index contributed by atoms with van der Waals surface area (Å²) < 4.78 is 41.6. The third-order valence-electron chi connectivity index (χ3n) is 4.83. The summed E-state index contributed by atoms with van der Waals surface area (Å²) in [5.74, 6) is 0.192. The molecule has 0 aliphatic carbocycles. The highest BCUT2D eigenvalue weighted by atomic mass is 19.4. The van der Waals surface area contributed by atoms with Crippen molar-refractivity contribution in [1.82, 2.24) is 19.3 Å². The quantitative estimate of drug-likeness (QED) is 0.543. The zero-order chi connectivity index (χ0) is 21.3. The van der Waals surface area contributed by atoms with Crippen LogP contribution in [-0.2, 0) is 25.7 Å². The van der Waals surface area contributed by atoms with Crippen LogP contribution in [-0.4, -0.2) is 19.3 Å². The molecule has 4 aromatic rings. The molecule has 2 N–H and O–H groups in total. The van der Waals surface area contributed by atoms with Gasteiger partial charge in [-0.05, 0) is 29.7 Å². The molecule has 0 bridgehead atoms. The molecule has 0 radical (unpaired) electrons. The maximum absolute atomic E-state index is 12.9. The lowest BCUT2D eigenvalue weighted by molar-refractivity contribution is -0.137. The van der Waals surface area contributed by atoms with Gasteiger partial charge in [0.25, 0.3) is 5.56 Å². The number of hydrogen-bond donors (Lipinski definition) is 1. The molecule has 0 amide bonds. The van der Waals surface area contributed by atoms with E-state index in [1.807, 2.05) is 30.3 Å². The van der Waals surface area contributed by atoms with E-state index in [1.54, 1.807) is 0 Å². The van der Waals surface area contributed by atoms with E-state index in [-0.39, 0.29) is 23.4 Å². The minimum absolute atomic E-state index is 0.0552. The number of nitrogen functional groups attached to an aromatic ring is 1. The summed E-state index contributed by atoms with van der Waals surface area (Å²) in [6, 6.07) is 14.6. The predicted octanol–water partition coefficient (Wildman–Crippen LogP) is 3.49. The van der Waals surface area contributed by atoms with Gasteiger partial charge in [-0.3, -0.25) is 9.36 Å². The summed E-state index contributed by atoms with van der Waals surface area (Å²) in [4.78, 5) is 17.1. The second kappa shape index (κ2) is 7.66. The summed E-state index contributed by atoms with van der Waals surface area (Å²) in [5, 5.41) is 4.47. The second-order valence-corrected chi connectivity index (χ2v) is 6.92. The monoisotopic (exact) mass is 413 g/mol. The van der Waals surface area contributed by atoms with Crippen molar-refractivity contribution in [2.24, 2.45) is 0 Å². The highest BCUT2D eigenvalue weighted by Crippen LogP contribution is 2.29. The zero-order valence-corrected chi connectivity index (χ0v) is 15.8. The molecule has 154 valence electrons. The molecule has 0 saturated heterocycles. The number of benzene rings is 2. The highest BCUT2D eigenvalue weighted by Gasteiger charge is 2.30. The van der Waals surface area contributed by atoms with Gasteiger partial charge in [-0.25, -0.2) is 9.67 Å². The Balaban J connectivity index is 1.63. The molecule has 9 heteroatoms. The second-order valence-electron chi connectivity index (χ2n) is 6.92. The van der Waals surface area contributed by atoms with Crippen molar-refractivity contribution < 1.29 is 13.2 Å². The molecule has 2 aromatic carbocycles. The van der Waals surface area contributed by atoms with Gasteiger partial charge in [-0.1, -0.05) is 42.5 Å². The van der Waals surface area contributed by atoms with E-state index in [1.165, 1.54) is 27.7 Å². The molecule has 4 rings (SSSR count). The Kier molecular flexibility index (Phi) is 5.03. The molecule has 30 heavy (non-hydrogen) atoms. The van der Waals surface area contributed by atoms with E-state index in [0.29, 0.717) is 18.5 Å². The fourth-order valence-electron chi connectivity index (χ4n) is 3.28. The number of nitrogens with two attached hydrogens (primary N) is 1. The van der Waals surface area contributed by atoms with Gasteiger partial charge in [0, 0.05) is 6.54 Å². The van der Waals surface area contributed by atoms with Gasteiger partial charge in [0.2, 0.25) is 0 Å². The van der Waals surface area contributed by atoms with Crippen LogP contribution in [0.4, 0.5) is 19.0 Å². The van der Waals surface area contributed by atoms with Gasteiger partial charge in [0.15, 0.2) is 5.65 Å². The third kappa shape index (κ3) is 3.91. The molecule has 0 aliphatic heterocycles. The average Bonchev–Trinajstić information content (AvgIpc) is 3.05. The molecular formula is C21H18F3N5O. The molecule has 0 fully saturated rings. The molecule has 0 unspecified atom stereocenters. The summed E-state index contributed by atoms with van der Waals surface area (Å²) in [7, 11) is 0. The van der Waals surface area contributed by atoms with Crippen LogP contribution in [0.3, 0.4) is 0 Å². The predicted molar refractivity (Wildman–Crippen MR) is 107 cm³/mol. The smallest absolute Gasteiger partial charge is 0.383 e. The largest absolute Gasteiger partial charge is 0.416 e. The number of anilines is 1. The summed E-state index contributed by atoms with van der Waals surface area (Å²) in [6.45, 7) is 0.416. The number of halogens is 3. The Labute approximate surface area is 169 Å². The van der Waals surface area contributed by atoms with Crippen LogP contribution in [0.2, 0.25) is 0 Å². The maximum Gasteiger partial charge on any atom is 0.416 e. The topological polar surface area (TPSA) is 78.7 Å². The minimum atomic E-state index is -4.45. The van der Waals surface area contributed by atoms with Crippen LogP contribution in [0.15, 0.2) is 65.7 Å². The van der Waals surface area contributed by atoms with E-state index in [0.717, 1.165) is 17.7 Å². The van der Waals surface area contributed by atoms with Crippen LogP contribution >= 0.6 is 0 Å². The van der Waals surface area contributed by atoms with Crippen molar-refractivity contribution in [1.29, 1.82) is 0 Å². The Bertz CT molecular complexity index is 1250. The van der Waals surface area contributed by atoms with Crippen molar-refractivity contribution in [2.75, 3.05) is 5.73 Å². The number of fused-ring (bicyclic) bond motifs is 1. The lowest BCUT2D eigenvalue weighted by atomic mass is 10.1. The van der Waals surface area contributed by atoms with Gasteiger partial charge < -0.3 is 5.73 Å². The summed E-state index contributed by atoms with van der Waals surface area (Å²) in [5.41, 5.74) is 6.59. The summed E-state index contributed by atoms with van der Waals surface area (Å²) in [6.07, 6.45) is -2.50. The van der Waals surface area contributed by atoms with Crippen molar-refractivity contribution >= 4 is 16.9 Å². The first-order valence-corrected chi connectivity index (χ1v) is 9.24. The standard InChI is InChI=1S/C21H18F3N5O/c22-21(23,24)16-8-4-7-15(11-16)12-28-13-26-19-17(20(28)30)18(25)29(27-19)10-9-14-5-2-1-3-6-14/h1-8,11,13H,9-10,12,25H2. The third-order valence-corrected chi connectivity index (χ3v) is 4.83. The number of aryl methyl sites for hydroxylation is 2. The lowest BCUT2D eigenvalue weighted by Gasteiger charge is -2.10. The molecule has 0 atom stereocenters. The molecule has 0 saturated carbocycles. The minimum Gasteiger partial charge on any atom is -0.383 e. The van der Waals surface area contributed by atoms with Crippen molar-refractivity contribution in [3.8, 4) is 0 Å². The van der Waals surface area contributed by atoms with Gasteiger partial charge in [0.1, 0.15) is 17.5 Å². The molecular weight excluding hydrogens is 395 g/mol. The first-order valence-electron chi connectivity index (χ1n) is 9.24. The van der Waals surface area contributed by atoms with E-state index in [2.05, 4.69) is 10.1 Å². The fourth-order valence-corrected chi connectivity index (χ4v) is 3.28. The fraction of sp³-hybridized carbons (Fsp3) is 0.190. The number of alkyl halides is 3. The van der Waals surface area contributed by atoms with Gasteiger partial charge in [-0.2, -0.15) is 18.3 Å². The van der Waals surface area contributed by atoms with Crippen LogP contribution in [0.5, 0.6) is 0 Å². The first kappa shape index (κ1) is 19.7. The van der Waals surface area contributed by atoms with Crippen molar-refractivity contribution in [2.45, 2.75) is 25.7 Å². The van der Waals surface area contributed by atoms with Gasteiger partial charge in [0.05, 0.1) is 12.1 Å². The van der Waals surface area contributed by atoms with Gasteiger partial charge in [-0.15, -0.1) is 0 Å². The Morgan fingerprint density at radius 1 is 1.00 bits per heavy atom. The SMILES string of the molecule is Nc1c2c(=O)n(Cc3cccc(C(F)(F)F)c3)cnc2nn1CCc1ccccc1. The number of aromatic nitrogens is 4. The summed E-state index contributed by atoms with van der Waals surface area (Å²) >= 11 is 0. The Morgan fingerprint density at radius 3 is 2.47 bits per heavy atom. The van der Waals surface area contributed by atoms with Crippen LogP contribution in [0, 0.1) is 0 Å². The molecule has 2 heterocycles. The lowest BCUT2D eigenvalue weighted by Crippen LogP contribution is -2.21.